The van der Waals surface area contributed by atoms with E-state index in [2.05, 4.69) is 15.5 Å². The van der Waals surface area contributed by atoms with Crippen molar-refractivity contribution in [3.8, 4) is 17.3 Å². The van der Waals surface area contributed by atoms with Gasteiger partial charge in [-0.05, 0) is 24.3 Å². The second kappa shape index (κ2) is 8.50. The quantitative estimate of drug-likeness (QED) is 0.492. The van der Waals surface area contributed by atoms with Crippen LogP contribution in [-0.4, -0.2) is 46.7 Å². The number of hydrogen-bond donors (Lipinski definition) is 1. The van der Waals surface area contributed by atoms with Crippen LogP contribution in [0.5, 0.6) is 0 Å². The van der Waals surface area contributed by atoms with Crippen LogP contribution in [0.15, 0.2) is 58.3 Å². The summed E-state index contributed by atoms with van der Waals surface area (Å²) in [5, 5.41) is 11.9. The van der Waals surface area contributed by atoms with E-state index in [1.165, 1.54) is 11.8 Å². The van der Waals surface area contributed by atoms with Gasteiger partial charge in [-0.2, -0.15) is 0 Å². The van der Waals surface area contributed by atoms with E-state index in [-0.39, 0.29) is 11.7 Å². The van der Waals surface area contributed by atoms with E-state index in [1.54, 1.807) is 19.4 Å². The molecule has 3 rings (SSSR count). The number of carbonyl (C=O) groups is 1. The van der Waals surface area contributed by atoms with Crippen molar-refractivity contribution in [2.24, 2.45) is 0 Å². The number of rotatable bonds is 8. The van der Waals surface area contributed by atoms with Crippen molar-refractivity contribution in [2.75, 3.05) is 26.0 Å². The lowest BCUT2D eigenvalue weighted by atomic mass is 10.3. The second-order valence-corrected chi connectivity index (χ2v) is 6.03. The molecule has 1 amide bonds. The van der Waals surface area contributed by atoms with Crippen molar-refractivity contribution in [1.82, 2.24) is 20.1 Å². The molecule has 0 aliphatic heterocycles. The van der Waals surface area contributed by atoms with Gasteiger partial charge in [0.15, 0.2) is 10.9 Å². The minimum Gasteiger partial charge on any atom is -0.461 e. The van der Waals surface area contributed by atoms with Crippen molar-refractivity contribution in [1.29, 1.82) is 0 Å². The standard InChI is InChI=1S/C17H18N4O3S/c1-23-11-9-18-15(22)12-25-17-20-19-16(14-8-5-10-24-14)21(17)13-6-3-2-4-7-13/h2-8,10H,9,11-12H2,1H3,(H,18,22). The summed E-state index contributed by atoms with van der Waals surface area (Å²) in [7, 11) is 1.60. The van der Waals surface area contributed by atoms with Gasteiger partial charge in [0, 0.05) is 19.3 Å². The molecule has 1 aromatic carbocycles. The van der Waals surface area contributed by atoms with Crippen molar-refractivity contribution < 1.29 is 13.9 Å². The molecule has 0 aliphatic rings. The van der Waals surface area contributed by atoms with Crippen LogP contribution in [-0.2, 0) is 9.53 Å². The fraction of sp³-hybridized carbons (Fsp3) is 0.235. The fourth-order valence-corrected chi connectivity index (χ4v) is 2.99. The maximum absolute atomic E-state index is 11.9. The number of thioether (sulfide) groups is 1. The maximum atomic E-state index is 11.9. The van der Waals surface area contributed by atoms with Gasteiger partial charge in [0.2, 0.25) is 11.7 Å². The van der Waals surface area contributed by atoms with E-state index in [0.29, 0.717) is 29.9 Å². The molecule has 25 heavy (non-hydrogen) atoms. The fourth-order valence-electron chi connectivity index (χ4n) is 2.21. The minimum atomic E-state index is -0.0794. The Bertz CT molecular complexity index is 803. The second-order valence-electron chi connectivity index (χ2n) is 5.09. The van der Waals surface area contributed by atoms with Crippen molar-refractivity contribution in [2.45, 2.75) is 5.16 Å². The molecule has 0 fully saturated rings. The summed E-state index contributed by atoms with van der Waals surface area (Å²) in [6.45, 7) is 0.970. The molecule has 0 atom stereocenters. The highest BCUT2D eigenvalue weighted by atomic mass is 32.2. The monoisotopic (exact) mass is 358 g/mol. The number of nitrogens with one attached hydrogen (secondary N) is 1. The molecular formula is C17H18N4O3S. The van der Waals surface area contributed by atoms with E-state index >= 15 is 0 Å². The van der Waals surface area contributed by atoms with Crippen LogP contribution in [0.2, 0.25) is 0 Å². The number of nitrogens with zero attached hydrogens (tertiary/aromatic N) is 3. The van der Waals surface area contributed by atoms with Crippen LogP contribution < -0.4 is 5.32 Å². The summed E-state index contributed by atoms with van der Waals surface area (Å²) in [5.41, 5.74) is 0.904. The summed E-state index contributed by atoms with van der Waals surface area (Å²) in [4.78, 5) is 11.9. The van der Waals surface area contributed by atoms with E-state index in [1.807, 2.05) is 41.0 Å². The van der Waals surface area contributed by atoms with Gasteiger partial charge >= 0.3 is 0 Å². The first kappa shape index (κ1) is 17.2. The number of ether oxygens (including phenoxy) is 1. The van der Waals surface area contributed by atoms with Crippen LogP contribution in [0.25, 0.3) is 17.3 Å². The predicted molar refractivity (Wildman–Crippen MR) is 94.7 cm³/mol. The van der Waals surface area contributed by atoms with Gasteiger partial charge in [-0.25, -0.2) is 0 Å². The lowest BCUT2D eigenvalue weighted by Gasteiger charge is -2.09. The first-order valence-corrected chi connectivity index (χ1v) is 8.71. The molecule has 130 valence electrons. The normalized spacial score (nSPS) is 10.8. The van der Waals surface area contributed by atoms with E-state index in [0.717, 1.165) is 5.69 Å². The molecule has 0 unspecified atom stereocenters. The average molecular weight is 358 g/mol. The predicted octanol–water partition coefficient (Wildman–Crippen LogP) is 2.38. The molecule has 0 radical (unpaired) electrons. The molecule has 0 spiro atoms. The first-order valence-electron chi connectivity index (χ1n) is 7.72. The van der Waals surface area contributed by atoms with Gasteiger partial charge in [0.25, 0.3) is 0 Å². The molecule has 3 aromatic rings. The SMILES string of the molecule is COCCNC(=O)CSc1nnc(-c2ccco2)n1-c1ccccc1. The van der Waals surface area contributed by atoms with Crippen LogP contribution in [0.1, 0.15) is 0 Å². The Morgan fingerprint density at radius 3 is 2.80 bits per heavy atom. The molecule has 1 N–H and O–H groups in total. The highest BCUT2D eigenvalue weighted by Gasteiger charge is 2.18. The third-order valence-electron chi connectivity index (χ3n) is 3.35. The molecule has 0 bridgehead atoms. The number of methoxy groups -OCH3 is 1. The van der Waals surface area contributed by atoms with Gasteiger partial charge in [0.1, 0.15) is 0 Å². The molecule has 0 saturated heterocycles. The summed E-state index contributed by atoms with van der Waals surface area (Å²) in [5.74, 6) is 1.38. The molecule has 2 heterocycles. The van der Waals surface area contributed by atoms with Crippen LogP contribution in [0.3, 0.4) is 0 Å². The molecule has 2 aromatic heterocycles. The Balaban J connectivity index is 1.81. The molecule has 8 heteroatoms. The third-order valence-corrected chi connectivity index (χ3v) is 4.28. The van der Waals surface area contributed by atoms with Gasteiger partial charge in [-0.3, -0.25) is 9.36 Å². The third kappa shape index (κ3) is 4.28. The number of carbonyl (C=O) groups excluding carboxylic acids is 1. The zero-order valence-corrected chi connectivity index (χ0v) is 14.5. The van der Waals surface area contributed by atoms with Crippen molar-refractivity contribution in [3.63, 3.8) is 0 Å². The first-order chi connectivity index (χ1) is 12.3. The van der Waals surface area contributed by atoms with Crippen molar-refractivity contribution in [3.05, 3.63) is 48.7 Å². The van der Waals surface area contributed by atoms with Gasteiger partial charge in [-0.1, -0.05) is 30.0 Å². The average Bonchev–Trinajstić information content (AvgIpc) is 3.30. The number of furan rings is 1. The van der Waals surface area contributed by atoms with E-state index in [9.17, 15) is 4.79 Å². The zero-order chi connectivity index (χ0) is 17.5. The molecular weight excluding hydrogens is 340 g/mol. The summed E-state index contributed by atoms with van der Waals surface area (Å²) in [6.07, 6.45) is 1.59. The number of aromatic nitrogens is 3. The Hall–Kier alpha value is -2.58. The largest absolute Gasteiger partial charge is 0.461 e. The van der Waals surface area contributed by atoms with Crippen LogP contribution in [0, 0.1) is 0 Å². The Labute approximate surface area is 149 Å². The lowest BCUT2D eigenvalue weighted by Crippen LogP contribution is -2.28. The zero-order valence-electron chi connectivity index (χ0n) is 13.7. The topological polar surface area (TPSA) is 82.2 Å². The molecule has 0 saturated carbocycles. The highest BCUT2D eigenvalue weighted by molar-refractivity contribution is 7.99. The minimum absolute atomic E-state index is 0.0794. The molecule has 7 nitrogen and oxygen atoms in total. The lowest BCUT2D eigenvalue weighted by molar-refractivity contribution is -0.118. The van der Waals surface area contributed by atoms with Gasteiger partial charge in [-0.15, -0.1) is 10.2 Å². The number of hydrogen-bond acceptors (Lipinski definition) is 6. The number of para-hydroxylation sites is 1. The van der Waals surface area contributed by atoms with E-state index < -0.39 is 0 Å². The Morgan fingerprint density at radius 2 is 2.08 bits per heavy atom. The smallest absolute Gasteiger partial charge is 0.230 e. The van der Waals surface area contributed by atoms with Crippen LogP contribution >= 0.6 is 11.8 Å². The van der Waals surface area contributed by atoms with E-state index in [4.69, 9.17) is 9.15 Å². The Morgan fingerprint density at radius 1 is 1.24 bits per heavy atom. The van der Waals surface area contributed by atoms with Gasteiger partial charge < -0.3 is 14.5 Å². The summed E-state index contributed by atoms with van der Waals surface area (Å²) >= 11 is 1.32. The molecule has 0 aliphatic carbocycles. The van der Waals surface area contributed by atoms with Crippen LogP contribution in [0.4, 0.5) is 0 Å². The van der Waals surface area contributed by atoms with Crippen molar-refractivity contribution >= 4 is 17.7 Å². The summed E-state index contributed by atoms with van der Waals surface area (Å²) in [6, 6.07) is 13.4. The Kier molecular flexibility index (Phi) is 5.86. The van der Waals surface area contributed by atoms with Gasteiger partial charge in [0.05, 0.1) is 18.6 Å². The summed E-state index contributed by atoms with van der Waals surface area (Å²) < 4.78 is 12.3. The number of benzene rings is 1. The maximum Gasteiger partial charge on any atom is 0.230 e. The highest BCUT2D eigenvalue weighted by Crippen LogP contribution is 2.27. The number of amides is 1.